The molecule has 43 heavy (non-hydrogen) atoms. The second kappa shape index (κ2) is 11.7. The van der Waals surface area contributed by atoms with Gasteiger partial charge >= 0.3 is 12.2 Å². The SMILES string of the molecule is Cn1nc(O[C@H](c2cncc(OCC(F)(F)F)c2)C(F)F)c2cc(-c3cnc(OC(C)(C)C)nc3OC(C)(C)C)nnc21. The Hall–Kier alpha value is -4.37. The third kappa shape index (κ3) is 8.35. The molecule has 16 heteroatoms. The average Bonchev–Trinajstić information content (AvgIpc) is 3.18. The first kappa shape index (κ1) is 31.6. The van der Waals surface area contributed by atoms with E-state index < -0.39 is 36.5 Å². The molecule has 4 rings (SSSR count). The van der Waals surface area contributed by atoms with Crippen LogP contribution in [0.4, 0.5) is 22.0 Å². The van der Waals surface area contributed by atoms with Crippen molar-refractivity contribution in [2.75, 3.05) is 6.61 Å². The van der Waals surface area contributed by atoms with Crippen LogP contribution in [0.3, 0.4) is 0 Å². The van der Waals surface area contributed by atoms with Gasteiger partial charge < -0.3 is 18.9 Å². The van der Waals surface area contributed by atoms with Gasteiger partial charge in [0.05, 0.1) is 17.1 Å². The number of halogens is 5. The highest BCUT2D eigenvalue weighted by Crippen LogP contribution is 2.36. The van der Waals surface area contributed by atoms with Crippen molar-refractivity contribution in [1.82, 2.24) is 34.9 Å². The summed E-state index contributed by atoms with van der Waals surface area (Å²) in [5.41, 5.74) is -0.700. The highest BCUT2D eigenvalue weighted by atomic mass is 19.4. The van der Waals surface area contributed by atoms with Crippen molar-refractivity contribution < 1.29 is 40.9 Å². The summed E-state index contributed by atoms with van der Waals surface area (Å²) in [7, 11) is 1.52. The van der Waals surface area contributed by atoms with E-state index in [-0.39, 0.29) is 45.8 Å². The Morgan fingerprint density at radius 1 is 0.884 bits per heavy atom. The lowest BCUT2D eigenvalue weighted by atomic mass is 10.1. The van der Waals surface area contributed by atoms with Crippen LogP contribution in [-0.4, -0.2) is 65.3 Å². The first-order valence-corrected chi connectivity index (χ1v) is 12.9. The van der Waals surface area contributed by atoms with Crippen molar-refractivity contribution in [2.24, 2.45) is 7.05 Å². The van der Waals surface area contributed by atoms with Crippen LogP contribution in [0.2, 0.25) is 0 Å². The fraction of sp³-hybridized carbons (Fsp3) is 0.481. The van der Waals surface area contributed by atoms with Crippen molar-refractivity contribution in [3.63, 3.8) is 0 Å². The molecule has 0 radical (unpaired) electrons. The maximum absolute atomic E-state index is 14.2. The lowest BCUT2D eigenvalue weighted by molar-refractivity contribution is -0.153. The summed E-state index contributed by atoms with van der Waals surface area (Å²) >= 11 is 0. The lowest BCUT2D eigenvalue weighted by Gasteiger charge is -2.24. The van der Waals surface area contributed by atoms with E-state index in [0.717, 1.165) is 18.5 Å². The molecule has 0 unspecified atom stereocenters. The van der Waals surface area contributed by atoms with Crippen LogP contribution in [0, 0.1) is 0 Å². The summed E-state index contributed by atoms with van der Waals surface area (Å²) in [6.07, 6.45) is -6.21. The van der Waals surface area contributed by atoms with Crippen molar-refractivity contribution in [3.05, 3.63) is 36.3 Å². The van der Waals surface area contributed by atoms with Crippen molar-refractivity contribution in [2.45, 2.75) is 71.5 Å². The molecule has 0 saturated heterocycles. The van der Waals surface area contributed by atoms with E-state index in [1.54, 1.807) is 0 Å². The van der Waals surface area contributed by atoms with E-state index in [1.807, 2.05) is 41.5 Å². The smallest absolute Gasteiger partial charge is 0.422 e. The summed E-state index contributed by atoms with van der Waals surface area (Å²) in [6.45, 7) is 9.39. The molecule has 1 atom stereocenters. The highest BCUT2D eigenvalue weighted by Gasteiger charge is 2.31. The molecule has 11 nitrogen and oxygen atoms in total. The zero-order valence-electron chi connectivity index (χ0n) is 24.4. The molecule has 4 aromatic rings. The predicted molar refractivity (Wildman–Crippen MR) is 143 cm³/mol. The Kier molecular flexibility index (Phi) is 8.60. The summed E-state index contributed by atoms with van der Waals surface area (Å²) in [6, 6.07) is 2.58. The second-order valence-corrected chi connectivity index (χ2v) is 11.4. The number of hydrogen-bond acceptors (Lipinski definition) is 10. The number of pyridine rings is 1. The zero-order chi connectivity index (χ0) is 31.7. The van der Waals surface area contributed by atoms with Crippen molar-refractivity contribution in [3.8, 4) is 34.8 Å². The Balaban J connectivity index is 1.73. The number of aryl methyl sites for hydroxylation is 1. The van der Waals surface area contributed by atoms with Gasteiger partial charge in [-0.3, -0.25) is 4.98 Å². The molecule has 0 N–H and O–H groups in total. The number of fused-ring (bicyclic) bond motifs is 1. The van der Waals surface area contributed by atoms with E-state index in [2.05, 4.69) is 35.0 Å². The predicted octanol–water partition coefficient (Wildman–Crippen LogP) is 5.90. The van der Waals surface area contributed by atoms with Gasteiger partial charge in [0.2, 0.25) is 11.8 Å². The quantitative estimate of drug-likeness (QED) is 0.212. The van der Waals surface area contributed by atoms with Gasteiger partial charge in [0.15, 0.2) is 18.4 Å². The van der Waals surface area contributed by atoms with Gasteiger partial charge in [0.1, 0.15) is 22.6 Å². The summed E-state index contributed by atoms with van der Waals surface area (Å²) < 4.78 is 89.6. The molecular weight excluding hydrogens is 581 g/mol. The van der Waals surface area contributed by atoms with E-state index in [1.165, 1.54) is 24.0 Å². The first-order chi connectivity index (χ1) is 19.9. The Labute approximate surface area is 243 Å². The van der Waals surface area contributed by atoms with Crippen LogP contribution in [0.1, 0.15) is 53.2 Å². The van der Waals surface area contributed by atoms with Gasteiger partial charge in [-0.05, 0) is 53.7 Å². The maximum atomic E-state index is 14.2. The number of ether oxygens (including phenoxy) is 4. The van der Waals surface area contributed by atoms with E-state index in [4.69, 9.17) is 14.2 Å². The molecule has 0 saturated carbocycles. The normalized spacial score (nSPS) is 13.3. The van der Waals surface area contributed by atoms with Crippen LogP contribution in [0.5, 0.6) is 23.5 Å². The third-order valence-corrected chi connectivity index (χ3v) is 5.29. The van der Waals surface area contributed by atoms with Gasteiger partial charge in [-0.25, -0.2) is 18.4 Å². The molecule has 0 aliphatic rings. The van der Waals surface area contributed by atoms with Crippen LogP contribution in [-0.2, 0) is 7.05 Å². The number of hydrogen-bond donors (Lipinski definition) is 0. The number of rotatable bonds is 9. The van der Waals surface area contributed by atoms with Crippen LogP contribution < -0.4 is 18.9 Å². The lowest BCUT2D eigenvalue weighted by Crippen LogP contribution is -2.26. The van der Waals surface area contributed by atoms with Gasteiger partial charge in [0.25, 0.3) is 6.43 Å². The number of aromatic nitrogens is 7. The number of nitrogens with zero attached hydrogens (tertiary/aromatic N) is 7. The molecule has 0 aliphatic heterocycles. The Morgan fingerprint density at radius 3 is 2.21 bits per heavy atom. The molecule has 0 bridgehead atoms. The molecular formula is C27H30F5N7O4. The first-order valence-electron chi connectivity index (χ1n) is 12.9. The molecule has 0 aliphatic carbocycles. The van der Waals surface area contributed by atoms with Gasteiger partial charge in [-0.15, -0.1) is 15.3 Å². The van der Waals surface area contributed by atoms with Crippen LogP contribution in [0.15, 0.2) is 30.7 Å². The zero-order valence-corrected chi connectivity index (χ0v) is 24.4. The fourth-order valence-corrected chi connectivity index (χ4v) is 3.68. The molecule has 0 fully saturated rings. The summed E-state index contributed by atoms with van der Waals surface area (Å²) in [4.78, 5) is 12.4. The van der Waals surface area contributed by atoms with E-state index >= 15 is 0 Å². The van der Waals surface area contributed by atoms with Crippen LogP contribution in [0.25, 0.3) is 22.3 Å². The fourth-order valence-electron chi connectivity index (χ4n) is 3.68. The molecule has 0 amide bonds. The van der Waals surface area contributed by atoms with Gasteiger partial charge in [-0.1, -0.05) is 0 Å². The molecule has 4 aromatic heterocycles. The van der Waals surface area contributed by atoms with Gasteiger partial charge in [-0.2, -0.15) is 18.2 Å². The van der Waals surface area contributed by atoms with E-state index in [0.29, 0.717) is 5.56 Å². The minimum absolute atomic E-state index is 0.0739. The second-order valence-electron chi connectivity index (χ2n) is 11.4. The van der Waals surface area contributed by atoms with Gasteiger partial charge in [0, 0.05) is 25.0 Å². The number of alkyl halides is 5. The van der Waals surface area contributed by atoms with Crippen molar-refractivity contribution >= 4 is 11.0 Å². The molecule has 0 aromatic carbocycles. The standard InChI is InChI=1S/C27H30F5N7O4/c1-25(2,3)42-22-17(12-34-24(35-22)43-26(4,5)6)18-9-16-21(37-36-18)39(7)38-23(16)41-19(20(28)29)14-8-15(11-33-10-14)40-13-27(30,31)32/h8-12,19-20H,13H2,1-7H3/t19-/m1/s1. The minimum Gasteiger partial charge on any atom is -0.482 e. The molecule has 232 valence electrons. The summed E-state index contributed by atoms with van der Waals surface area (Å²) in [5.74, 6) is -0.435. The summed E-state index contributed by atoms with van der Waals surface area (Å²) in [5, 5.41) is 12.8. The monoisotopic (exact) mass is 611 g/mol. The van der Waals surface area contributed by atoms with E-state index in [9.17, 15) is 22.0 Å². The maximum Gasteiger partial charge on any atom is 0.422 e. The third-order valence-electron chi connectivity index (χ3n) is 5.29. The largest absolute Gasteiger partial charge is 0.482 e. The molecule has 0 spiro atoms. The Bertz CT molecular complexity index is 1580. The highest BCUT2D eigenvalue weighted by molar-refractivity contribution is 5.85. The molecule has 4 heterocycles. The van der Waals surface area contributed by atoms with Crippen molar-refractivity contribution in [1.29, 1.82) is 0 Å². The minimum atomic E-state index is -4.62. The topological polar surface area (TPSA) is 119 Å². The Morgan fingerprint density at radius 2 is 1.58 bits per heavy atom. The van der Waals surface area contributed by atoms with Crippen LogP contribution >= 0.6 is 0 Å². The average molecular weight is 612 g/mol.